The van der Waals surface area contributed by atoms with E-state index in [1.807, 2.05) is 79.7 Å². The van der Waals surface area contributed by atoms with Gasteiger partial charge in [-0.25, -0.2) is 0 Å². The molecular weight excluding hydrogens is 667 g/mol. The van der Waals surface area contributed by atoms with Crippen LogP contribution in [0.5, 0.6) is 11.5 Å². The molecule has 1 amide bonds. The number of nitrogens with zero attached hydrogens (tertiary/aromatic N) is 3. The van der Waals surface area contributed by atoms with Gasteiger partial charge in [-0.05, 0) is 70.3 Å². The lowest BCUT2D eigenvalue weighted by atomic mass is 9.94. The minimum atomic E-state index is -0.970. The minimum Gasteiger partial charge on any atom is -0.507 e. The van der Waals surface area contributed by atoms with Crippen LogP contribution in [0.3, 0.4) is 0 Å². The number of carbonyl (C=O) groups excluding carboxylic acids is 2. The Balaban J connectivity index is 1.15. The Hall–Kier alpha value is -5.45. The highest BCUT2D eigenvalue weighted by Crippen LogP contribution is 2.45. The molecule has 50 heavy (non-hydrogen) atoms. The van der Waals surface area contributed by atoms with Crippen molar-refractivity contribution in [2.24, 2.45) is 0 Å². The molecule has 0 radical (unpaired) electrons. The van der Waals surface area contributed by atoms with E-state index in [0.29, 0.717) is 40.0 Å². The van der Waals surface area contributed by atoms with Crippen LogP contribution in [-0.2, 0) is 28.4 Å². The van der Waals surface area contributed by atoms with Crippen LogP contribution < -0.4 is 14.4 Å². The number of hydrogen-bond acceptors (Lipinski definition) is 9. The second kappa shape index (κ2) is 13.5. The molecule has 0 saturated carbocycles. The molecule has 8 rings (SSSR count). The number of ketones is 1. The maximum Gasteiger partial charge on any atom is 0.301 e. The van der Waals surface area contributed by atoms with Crippen molar-refractivity contribution in [2.75, 3.05) is 4.90 Å². The summed E-state index contributed by atoms with van der Waals surface area (Å²) in [7, 11) is 0. The van der Waals surface area contributed by atoms with Crippen LogP contribution in [0, 0.1) is 0 Å². The number of aliphatic hydroxyl groups excluding tert-OH is 1. The zero-order valence-corrected chi connectivity index (χ0v) is 28.6. The Kier molecular flexibility index (Phi) is 8.56. The fraction of sp³-hybridized carbons (Fsp3) is 0.150. The first-order chi connectivity index (χ1) is 24.4. The minimum absolute atomic E-state index is 0.0108. The molecule has 8 nitrogen and oxygen atoms in total. The number of rotatable bonds is 9. The summed E-state index contributed by atoms with van der Waals surface area (Å²) in [5, 5.41) is 23.2. The van der Waals surface area contributed by atoms with Gasteiger partial charge in [-0.2, -0.15) is 0 Å². The summed E-state index contributed by atoms with van der Waals surface area (Å²) in [5.74, 6) is 0.116. The topological polar surface area (TPSA) is 102 Å². The molecule has 2 aliphatic heterocycles. The number of aromatic nitrogens is 2. The van der Waals surface area contributed by atoms with E-state index in [2.05, 4.69) is 34.5 Å². The van der Waals surface area contributed by atoms with E-state index in [-0.39, 0.29) is 22.6 Å². The van der Waals surface area contributed by atoms with Gasteiger partial charge in [0.15, 0.2) is 4.34 Å². The molecule has 2 aliphatic rings. The van der Waals surface area contributed by atoms with Gasteiger partial charge in [0.2, 0.25) is 5.13 Å². The zero-order valence-electron chi connectivity index (χ0n) is 27.0. The highest BCUT2D eigenvalue weighted by atomic mass is 32.2. The van der Waals surface area contributed by atoms with Crippen molar-refractivity contribution in [1.29, 1.82) is 0 Å². The largest absolute Gasteiger partial charge is 0.507 e. The number of thioether (sulfide) groups is 1. The molecule has 0 bridgehead atoms. The van der Waals surface area contributed by atoms with Gasteiger partial charge in [-0.15, -0.1) is 10.2 Å². The maximum atomic E-state index is 13.9. The highest BCUT2D eigenvalue weighted by Gasteiger charge is 2.48. The summed E-state index contributed by atoms with van der Waals surface area (Å²) < 4.78 is 12.6. The lowest BCUT2D eigenvalue weighted by Gasteiger charge is -2.23. The fourth-order valence-corrected chi connectivity index (χ4v) is 8.37. The van der Waals surface area contributed by atoms with E-state index in [1.54, 1.807) is 18.2 Å². The van der Waals surface area contributed by atoms with Crippen molar-refractivity contribution in [3.05, 3.63) is 149 Å². The average molecular weight is 698 g/mol. The van der Waals surface area contributed by atoms with Crippen molar-refractivity contribution in [1.82, 2.24) is 10.2 Å². The fourth-order valence-electron chi connectivity index (χ4n) is 6.50. The van der Waals surface area contributed by atoms with Crippen LogP contribution >= 0.6 is 23.1 Å². The van der Waals surface area contributed by atoms with E-state index >= 15 is 0 Å². The van der Waals surface area contributed by atoms with E-state index in [1.165, 1.54) is 33.4 Å². The predicted molar refractivity (Wildman–Crippen MR) is 196 cm³/mol. The Morgan fingerprint density at radius 1 is 0.940 bits per heavy atom. The molecule has 1 fully saturated rings. The van der Waals surface area contributed by atoms with Gasteiger partial charge >= 0.3 is 5.91 Å². The summed E-state index contributed by atoms with van der Waals surface area (Å²) in [4.78, 5) is 29.2. The summed E-state index contributed by atoms with van der Waals surface area (Å²) >= 11 is 2.76. The molecule has 1 saturated heterocycles. The van der Waals surface area contributed by atoms with Crippen LogP contribution in [-0.4, -0.2) is 33.1 Å². The number of carbonyl (C=O) groups is 2. The zero-order chi connectivity index (χ0) is 34.2. The SMILES string of the molecule is C[C@H]1Cc2cc(C(O)=C3C(=O)C(=O)N(c4nnc(SCc5cccc6ccccc56)s4)[C@@H]3c3cccc(OCc4ccccc4)c3)ccc2O1. The molecule has 5 aromatic carbocycles. The van der Waals surface area contributed by atoms with Crippen molar-refractivity contribution < 1.29 is 24.2 Å². The molecule has 1 N–H and O–H groups in total. The average Bonchev–Trinajstić information content (AvgIpc) is 3.84. The van der Waals surface area contributed by atoms with Crippen molar-refractivity contribution in [3.8, 4) is 11.5 Å². The molecule has 0 spiro atoms. The Labute approximate surface area is 297 Å². The third-order valence-electron chi connectivity index (χ3n) is 8.87. The second-order valence-electron chi connectivity index (χ2n) is 12.2. The number of benzene rings is 5. The third-order valence-corrected chi connectivity index (χ3v) is 11.0. The first-order valence-electron chi connectivity index (χ1n) is 16.2. The smallest absolute Gasteiger partial charge is 0.301 e. The summed E-state index contributed by atoms with van der Waals surface area (Å²) in [6, 6.07) is 35.9. The normalized spacial score (nSPS) is 18.0. The number of hydrogen-bond donors (Lipinski definition) is 1. The number of aliphatic hydroxyl groups is 1. The molecule has 2 atom stereocenters. The van der Waals surface area contributed by atoms with E-state index in [0.717, 1.165) is 27.8 Å². The summed E-state index contributed by atoms with van der Waals surface area (Å²) in [6.45, 7) is 2.32. The van der Waals surface area contributed by atoms with Crippen LogP contribution in [0.2, 0.25) is 0 Å². The van der Waals surface area contributed by atoms with Gasteiger partial charge in [-0.3, -0.25) is 14.5 Å². The molecule has 3 heterocycles. The van der Waals surface area contributed by atoms with Crippen LogP contribution in [0.15, 0.2) is 125 Å². The van der Waals surface area contributed by atoms with Gasteiger partial charge < -0.3 is 14.6 Å². The molecule has 1 aromatic heterocycles. The molecule has 0 aliphatic carbocycles. The highest BCUT2D eigenvalue weighted by molar-refractivity contribution is 8.00. The van der Waals surface area contributed by atoms with Gasteiger partial charge in [0.25, 0.3) is 5.78 Å². The third kappa shape index (κ3) is 6.12. The van der Waals surface area contributed by atoms with Crippen molar-refractivity contribution in [3.63, 3.8) is 0 Å². The van der Waals surface area contributed by atoms with E-state index < -0.39 is 17.7 Å². The predicted octanol–water partition coefficient (Wildman–Crippen LogP) is 8.51. The van der Waals surface area contributed by atoms with Crippen LogP contribution in [0.4, 0.5) is 5.13 Å². The molecule has 6 aromatic rings. The van der Waals surface area contributed by atoms with E-state index in [4.69, 9.17) is 9.47 Å². The number of anilines is 1. The number of fused-ring (bicyclic) bond motifs is 2. The maximum absolute atomic E-state index is 13.9. The number of ether oxygens (including phenoxy) is 2. The molecular formula is C40H31N3O5S2. The van der Waals surface area contributed by atoms with Crippen molar-refractivity contribution >= 4 is 56.5 Å². The van der Waals surface area contributed by atoms with Gasteiger partial charge in [0, 0.05) is 17.7 Å². The van der Waals surface area contributed by atoms with Crippen LogP contribution in [0.25, 0.3) is 16.5 Å². The molecule has 10 heteroatoms. The van der Waals surface area contributed by atoms with Crippen molar-refractivity contribution in [2.45, 2.75) is 42.2 Å². The summed E-state index contributed by atoms with van der Waals surface area (Å²) in [5.41, 5.74) is 4.09. The Morgan fingerprint density at radius 3 is 2.62 bits per heavy atom. The first-order valence-corrected chi connectivity index (χ1v) is 18.0. The quantitative estimate of drug-likeness (QED) is 0.0528. The Morgan fingerprint density at radius 2 is 1.74 bits per heavy atom. The molecule has 248 valence electrons. The number of Topliss-reactive ketones (excluding diaryl/α,β-unsaturated/α-hetero) is 1. The Bertz CT molecular complexity index is 2280. The molecule has 0 unspecified atom stereocenters. The van der Waals surface area contributed by atoms with E-state index in [9.17, 15) is 14.7 Å². The first kappa shape index (κ1) is 31.8. The van der Waals surface area contributed by atoms with Gasteiger partial charge in [0.1, 0.15) is 30.0 Å². The van der Waals surface area contributed by atoms with Gasteiger partial charge in [0.05, 0.1) is 11.6 Å². The standard InChI is InChI=1S/C40H31N3O5S2/c1-24-19-30-20-28(17-18-33(30)48-24)36(44)34-35(27-13-8-15-31(21-27)47-22-25-9-3-2-4-10-25)43(38(46)37(34)45)39-41-42-40(50-39)49-23-29-14-7-12-26-11-5-6-16-32(26)29/h2-18,20-21,24,35,44H,19,22-23H2,1H3/t24-,35+/m0/s1. The van der Waals surface area contributed by atoms with Gasteiger partial charge in [-0.1, -0.05) is 108 Å². The lowest BCUT2D eigenvalue weighted by molar-refractivity contribution is -0.132. The van der Waals surface area contributed by atoms with Crippen LogP contribution in [0.1, 0.15) is 40.8 Å². The monoisotopic (exact) mass is 697 g/mol. The lowest BCUT2D eigenvalue weighted by Crippen LogP contribution is -2.29. The second-order valence-corrected chi connectivity index (χ2v) is 14.4. The number of amides is 1. The summed E-state index contributed by atoms with van der Waals surface area (Å²) in [6.07, 6.45) is 0.690.